The summed E-state index contributed by atoms with van der Waals surface area (Å²) < 4.78 is 0. The quantitative estimate of drug-likeness (QED) is 0.832. The maximum absolute atomic E-state index is 12.8. The molecule has 1 amide bonds. The molecule has 4 aliphatic carbocycles. The summed E-state index contributed by atoms with van der Waals surface area (Å²) in [5, 5.41) is 13.1. The predicted molar refractivity (Wildman–Crippen MR) is 85.3 cm³/mol. The fourth-order valence-electron chi connectivity index (χ4n) is 6.10. The topological polar surface area (TPSA) is 52.6 Å². The molecule has 0 unspecified atom stereocenters. The Balaban J connectivity index is 1.39. The number of nitrogens with one attached hydrogen (secondary N) is 1. The molecule has 2 N–H and O–H groups in total. The summed E-state index contributed by atoms with van der Waals surface area (Å²) in [6, 6.07) is 0.432. The number of aliphatic hydroxyl groups is 1. The summed E-state index contributed by atoms with van der Waals surface area (Å²) in [4.78, 5) is 15.0. The molecule has 124 valence electrons. The Bertz CT molecular complexity index is 409. The van der Waals surface area contributed by atoms with Crippen molar-refractivity contribution in [3.8, 4) is 0 Å². The van der Waals surface area contributed by atoms with Crippen molar-refractivity contribution >= 4 is 5.91 Å². The van der Waals surface area contributed by atoms with Crippen molar-refractivity contribution in [1.29, 1.82) is 0 Å². The molecule has 1 saturated heterocycles. The zero-order chi connectivity index (χ0) is 15.3. The molecule has 4 bridgehead atoms. The van der Waals surface area contributed by atoms with Gasteiger partial charge in [-0.3, -0.25) is 9.69 Å². The van der Waals surface area contributed by atoms with Crippen molar-refractivity contribution in [2.75, 3.05) is 13.1 Å². The third-order valence-corrected chi connectivity index (χ3v) is 6.70. The van der Waals surface area contributed by atoms with Gasteiger partial charge in [-0.2, -0.15) is 0 Å². The summed E-state index contributed by atoms with van der Waals surface area (Å²) in [6.07, 6.45) is 8.52. The van der Waals surface area contributed by atoms with Gasteiger partial charge in [0.1, 0.15) is 0 Å². The molecule has 4 heteroatoms. The first-order valence-electron chi connectivity index (χ1n) is 9.32. The molecule has 5 rings (SSSR count). The van der Waals surface area contributed by atoms with E-state index in [0.717, 1.165) is 43.1 Å². The highest BCUT2D eigenvalue weighted by molar-refractivity contribution is 5.82. The van der Waals surface area contributed by atoms with Crippen LogP contribution < -0.4 is 5.32 Å². The van der Waals surface area contributed by atoms with Gasteiger partial charge in [0.25, 0.3) is 0 Å². The smallest absolute Gasteiger partial charge is 0.237 e. The Morgan fingerprint density at radius 2 is 1.82 bits per heavy atom. The van der Waals surface area contributed by atoms with Crippen molar-refractivity contribution in [1.82, 2.24) is 10.2 Å². The van der Waals surface area contributed by atoms with Crippen LogP contribution >= 0.6 is 0 Å². The molecule has 4 saturated carbocycles. The lowest BCUT2D eigenvalue weighted by atomic mass is 9.54. The maximum Gasteiger partial charge on any atom is 0.237 e. The van der Waals surface area contributed by atoms with E-state index in [1.54, 1.807) is 0 Å². The Hall–Kier alpha value is -0.610. The third-order valence-electron chi connectivity index (χ3n) is 6.70. The Labute approximate surface area is 133 Å². The van der Waals surface area contributed by atoms with Crippen LogP contribution in [0.25, 0.3) is 0 Å². The van der Waals surface area contributed by atoms with Crippen LogP contribution in [-0.2, 0) is 4.79 Å². The highest BCUT2D eigenvalue weighted by Gasteiger charge is 2.49. The first-order chi connectivity index (χ1) is 10.6. The van der Waals surface area contributed by atoms with Gasteiger partial charge in [-0.25, -0.2) is 0 Å². The summed E-state index contributed by atoms with van der Waals surface area (Å²) in [7, 11) is 0. The molecule has 0 aromatic heterocycles. The molecule has 4 nitrogen and oxygen atoms in total. The van der Waals surface area contributed by atoms with E-state index in [2.05, 4.69) is 10.2 Å². The number of carbonyl (C=O) groups is 1. The van der Waals surface area contributed by atoms with Crippen LogP contribution in [0.1, 0.15) is 51.9 Å². The largest absolute Gasteiger partial charge is 0.392 e. The number of amides is 1. The third kappa shape index (κ3) is 2.69. The molecular formula is C18H30N2O2. The van der Waals surface area contributed by atoms with Crippen LogP contribution in [0.3, 0.4) is 0 Å². The monoisotopic (exact) mass is 306 g/mol. The molecule has 1 aliphatic heterocycles. The van der Waals surface area contributed by atoms with Gasteiger partial charge in [0.05, 0.1) is 12.1 Å². The molecule has 22 heavy (non-hydrogen) atoms. The van der Waals surface area contributed by atoms with Gasteiger partial charge in [-0.1, -0.05) is 0 Å². The lowest BCUT2D eigenvalue weighted by Crippen LogP contribution is -2.58. The van der Waals surface area contributed by atoms with Crippen LogP contribution in [-0.4, -0.2) is 47.2 Å². The number of hydrogen-bond donors (Lipinski definition) is 2. The number of nitrogens with zero attached hydrogens (tertiary/aromatic N) is 1. The van der Waals surface area contributed by atoms with Crippen LogP contribution in [0.2, 0.25) is 0 Å². The van der Waals surface area contributed by atoms with Crippen LogP contribution in [0.15, 0.2) is 0 Å². The minimum absolute atomic E-state index is 0.00760. The first kappa shape index (κ1) is 14.9. The predicted octanol–water partition coefficient (Wildman–Crippen LogP) is 1.77. The molecule has 0 aromatic rings. The minimum atomic E-state index is -0.352. The number of rotatable bonds is 4. The SMILES string of the molecule is C[C@H](O)CN1CCC[C@@H]1C(=O)NC1C2CC3CC(C2)CC1C3. The van der Waals surface area contributed by atoms with Crippen LogP contribution in [0.5, 0.6) is 0 Å². The zero-order valence-corrected chi connectivity index (χ0v) is 13.7. The van der Waals surface area contributed by atoms with Gasteiger partial charge < -0.3 is 10.4 Å². The highest BCUT2D eigenvalue weighted by Crippen LogP contribution is 2.53. The Kier molecular flexibility index (Phi) is 3.93. The van der Waals surface area contributed by atoms with E-state index in [1.165, 1.54) is 32.1 Å². The number of aliphatic hydroxyl groups excluding tert-OH is 1. The number of β-amino-alcohol motifs (C(OH)–C–C–N with tert-alkyl or cyclic N) is 1. The second-order valence-electron chi connectivity index (χ2n) is 8.47. The lowest BCUT2D eigenvalue weighted by molar-refractivity contribution is -0.129. The van der Waals surface area contributed by atoms with Gasteiger partial charge in [-0.05, 0) is 82.1 Å². The Morgan fingerprint density at radius 1 is 1.18 bits per heavy atom. The normalized spacial score (nSPS) is 45.2. The fraction of sp³-hybridized carbons (Fsp3) is 0.944. The number of carbonyl (C=O) groups excluding carboxylic acids is 1. The van der Waals surface area contributed by atoms with Gasteiger partial charge >= 0.3 is 0 Å². The minimum Gasteiger partial charge on any atom is -0.392 e. The highest BCUT2D eigenvalue weighted by atomic mass is 16.3. The summed E-state index contributed by atoms with van der Waals surface area (Å²) in [5.74, 6) is 3.62. The van der Waals surface area contributed by atoms with E-state index in [4.69, 9.17) is 0 Å². The van der Waals surface area contributed by atoms with Crippen LogP contribution in [0.4, 0.5) is 0 Å². The van der Waals surface area contributed by atoms with Crippen molar-refractivity contribution in [3.05, 3.63) is 0 Å². The van der Waals surface area contributed by atoms with Crippen molar-refractivity contribution < 1.29 is 9.90 Å². The van der Waals surface area contributed by atoms with Crippen molar-refractivity contribution in [2.24, 2.45) is 23.7 Å². The van der Waals surface area contributed by atoms with E-state index in [-0.39, 0.29) is 18.1 Å². The molecule has 5 aliphatic rings. The lowest BCUT2D eigenvalue weighted by Gasteiger charge is -2.54. The maximum atomic E-state index is 12.8. The average Bonchev–Trinajstić information content (AvgIpc) is 2.89. The molecule has 1 heterocycles. The molecule has 0 radical (unpaired) electrons. The summed E-state index contributed by atoms with van der Waals surface area (Å²) in [6.45, 7) is 3.38. The summed E-state index contributed by atoms with van der Waals surface area (Å²) in [5.41, 5.74) is 0. The molecule has 5 fully saturated rings. The fourth-order valence-corrected chi connectivity index (χ4v) is 6.10. The van der Waals surface area contributed by atoms with Gasteiger partial charge in [-0.15, -0.1) is 0 Å². The second-order valence-corrected chi connectivity index (χ2v) is 8.47. The molecule has 0 aromatic carbocycles. The van der Waals surface area contributed by atoms with E-state index < -0.39 is 0 Å². The van der Waals surface area contributed by atoms with Gasteiger partial charge in [0.2, 0.25) is 5.91 Å². The van der Waals surface area contributed by atoms with E-state index in [0.29, 0.717) is 12.6 Å². The Morgan fingerprint density at radius 3 is 2.41 bits per heavy atom. The van der Waals surface area contributed by atoms with E-state index >= 15 is 0 Å². The van der Waals surface area contributed by atoms with Crippen molar-refractivity contribution in [2.45, 2.75) is 70.1 Å². The molecular weight excluding hydrogens is 276 g/mol. The van der Waals surface area contributed by atoms with Gasteiger partial charge in [0.15, 0.2) is 0 Å². The van der Waals surface area contributed by atoms with Crippen LogP contribution in [0, 0.1) is 23.7 Å². The van der Waals surface area contributed by atoms with Crippen molar-refractivity contribution in [3.63, 3.8) is 0 Å². The standard InChI is InChI=1S/C18H30N2O2/c1-11(21)10-20-4-2-3-16(20)18(22)19-17-14-6-12-5-13(8-14)9-15(17)7-12/h11-17,21H,2-10H2,1H3,(H,19,22)/t11-,12?,13?,14?,15?,16+,17?/m0/s1. The number of hydrogen-bond acceptors (Lipinski definition) is 3. The average molecular weight is 306 g/mol. The van der Waals surface area contributed by atoms with Gasteiger partial charge in [0, 0.05) is 12.6 Å². The molecule has 2 atom stereocenters. The zero-order valence-electron chi connectivity index (χ0n) is 13.7. The number of likely N-dealkylation sites (tertiary alicyclic amines) is 1. The second kappa shape index (κ2) is 5.79. The molecule has 0 spiro atoms. The summed E-state index contributed by atoms with van der Waals surface area (Å²) >= 11 is 0. The van der Waals surface area contributed by atoms with E-state index in [9.17, 15) is 9.90 Å². The van der Waals surface area contributed by atoms with E-state index in [1.807, 2.05) is 6.92 Å². The first-order valence-corrected chi connectivity index (χ1v) is 9.32.